The predicted molar refractivity (Wildman–Crippen MR) is 148 cm³/mol. The lowest BCUT2D eigenvalue weighted by Crippen LogP contribution is -2.43. The van der Waals surface area contributed by atoms with Crippen LogP contribution in [0.25, 0.3) is 17.2 Å². The van der Waals surface area contributed by atoms with Gasteiger partial charge in [-0.1, -0.05) is 30.3 Å². The van der Waals surface area contributed by atoms with Crippen molar-refractivity contribution in [3.63, 3.8) is 0 Å². The van der Waals surface area contributed by atoms with Gasteiger partial charge in [0.2, 0.25) is 0 Å². The van der Waals surface area contributed by atoms with Crippen LogP contribution in [0.2, 0.25) is 0 Å². The molecule has 6 rings (SSSR count). The van der Waals surface area contributed by atoms with Crippen LogP contribution in [0.3, 0.4) is 0 Å². The van der Waals surface area contributed by atoms with Crippen LogP contribution in [0, 0.1) is 11.6 Å². The fourth-order valence-electron chi connectivity index (χ4n) is 5.78. The number of carboxylic acids is 1. The zero-order chi connectivity index (χ0) is 27.3. The zero-order valence-corrected chi connectivity index (χ0v) is 21.8. The molecule has 2 atom stereocenters. The fourth-order valence-corrected chi connectivity index (χ4v) is 5.78. The molecule has 1 saturated carbocycles. The quantitative estimate of drug-likeness (QED) is 0.279. The largest absolute Gasteiger partial charge is 0.478 e. The van der Waals surface area contributed by atoms with E-state index in [-0.39, 0.29) is 17.2 Å². The number of anilines is 1. The number of nitrogens with zero attached hydrogens (tertiary/aromatic N) is 3. The number of hydrogen-bond donors (Lipinski definition) is 1. The first kappa shape index (κ1) is 25.0. The van der Waals surface area contributed by atoms with Crippen LogP contribution in [0.1, 0.15) is 59.5 Å². The van der Waals surface area contributed by atoms with Gasteiger partial charge in [-0.15, -0.1) is 0 Å². The summed E-state index contributed by atoms with van der Waals surface area (Å²) in [5.41, 5.74) is 6.19. The molecule has 39 heavy (non-hydrogen) atoms. The number of aliphatic carboxylic acids is 1. The first-order valence-corrected chi connectivity index (χ1v) is 13.2. The van der Waals surface area contributed by atoms with E-state index in [0.29, 0.717) is 12.3 Å². The van der Waals surface area contributed by atoms with Gasteiger partial charge < -0.3 is 10.0 Å². The molecule has 5 nitrogen and oxygen atoms in total. The lowest BCUT2D eigenvalue weighted by atomic mass is 9.82. The molecule has 1 aliphatic heterocycles. The molecule has 0 spiro atoms. The van der Waals surface area contributed by atoms with Crippen molar-refractivity contribution < 1.29 is 18.7 Å². The molecule has 198 valence electrons. The van der Waals surface area contributed by atoms with Gasteiger partial charge in [-0.05, 0) is 90.3 Å². The molecule has 2 aliphatic rings. The SMILES string of the molecule is C[C@H]1Cc2cc(-c3cnn(C)c3)ccc2[C@H](c2c(F)cc(/C=C/C(=O)O)cc2F)N1c1ccc(C2CC2)cc1. The van der Waals surface area contributed by atoms with Gasteiger partial charge in [0.25, 0.3) is 0 Å². The minimum absolute atomic E-state index is 0.0381. The van der Waals surface area contributed by atoms with Gasteiger partial charge in [-0.25, -0.2) is 13.6 Å². The summed E-state index contributed by atoms with van der Waals surface area (Å²) < 4.78 is 33.3. The molecule has 2 heterocycles. The molecule has 1 aliphatic carbocycles. The predicted octanol–water partition coefficient (Wildman–Crippen LogP) is 6.88. The molecular formula is C32H29F2N3O2. The number of aryl methyl sites for hydroxylation is 1. The van der Waals surface area contributed by atoms with Crippen molar-refractivity contribution in [2.75, 3.05) is 4.90 Å². The van der Waals surface area contributed by atoms with E-state index in [4.69, 9.17) is 5.11 Å². The Bertz CT molecular complexity index is 1560. The van der Waals surface area contributed by atoms with Crippen molar-refractivity contribution in [3.05, 3.63) is 113 Å². The molecule has 0 unspecified atom stereocenters. The van der Waals surface area contributed by atoms with Crippen molar-refractivity contribution in [2.24, 2.45) is 7.05 Å². The number of carboxylic acid groups (broad SMARTS) is 1. The highest BCUT2D eigenvalue weighted by atomic mass is 19.1. The summed E-state index contributed by atoms with van der Waals surface area (Å²) in [5.74, 6) is -1.98. The van der Waals surface area contributed by atoms with Crippen molar-refractivity contribution in [1.82, 2.24) is 9.78 Å². The second-order valence-corrected chi connectivity index (χ2v) is 10.6. The normalized spacial score (nSPS) is 18.9. The molecule has 3 aromatic carbocycles. The third-order valence-corrected chi connectivity index (χ3v) is 7.78. The van der Waals surface area contributed by atoms with Crippen molar-refractivity contribution in [1.29, 1.82) is 0 Å². The summed E-state index contributed by atoms with van der Waals surface area (Å²) in [7, 11) is 1.87. The van der Waals surface area contributed by atoms with Crippen LogP contribution in [0.15, 0.2) is 73.1 Å². The number of benzene rings is 3. The standard InChI is InChI=1S/C32H29F2N3O2/c1-19-13-24-16-23(25-17-35-36(2)18-25)8-11-27(24)32(37(19)26-9-6-22(7-10-26)21-4-5-21)31-28(33)14-20(15-29(31)34)3-12-30(38)39/h3,6-12,14-19,21,32H,4-5,13H2,1-2H3,(H,38,39)/b12-3+/t19-,32+/m0/s1. The first-order chi connectivity index (χ1) is 18.8. The van der Waals surface area contributed by atoms with E-state index in [1.165, 1.54) is 36.6 Å². The summed E-state index contributed by atoms with van der Waals surface area (Å²) >= 11 is 0. The Morgan fingerprint density at radius 2 is 1.74 bits per heavy atom. The maximum Gasteiger partial charge on any atom is 0.328 e. The minimum atomic E-state index is -1.18. The van der Waals surface area contributed by atoms with E-state index in [0.717, 1.165) is 34.0 Å². The second-order valence-electron chi connectivity index (χ2n) is 10.6. The molecule has 1 N–H and O–H groups in total. The van der Waals surface area contributed by atoms with Crippen LogP contribution < -0.4 is 4.90 Å². The minimum Gasteiger partial charge on any atom is -0.478 e. The Balaban J connectivity index is 1.49. The zero-order valence-electron chi connectivity index (χ0n) is 21.8. The highest BCUT2D eigenvalue weighted by Gasteiger charge is 2.37. The smallest absolute Gasteiger partial charge is 0.328 e. The number of rotatable bonds is 6. The highest BCUT2D eigenvalue weighted by Crippen LogP contribution is 2.45. The summed E-state index contributed by atoms with van der Waals surface area (Å²) in [6, 6.07) is 16.1. The summed E-state index contributed by atoms with van der Waals surface area (Å²) in [6.07, 6.45) is 8.95. The van der Waals surface area contributed by atoms with Crippen LogP contribution in [-0.2, 0) is 18.3 Å². The third kappa shape index (κ3) is 4.85. The highest BCUT2D eigenvalue weighted by molar-refractivity contribution is 5.85. The Hall–Kier alpha value is -4.26. The van der Waals surface area contributed by atoms with Gasteiger partial charge in [-0.2, -0.15) is 5.10 Å². The van der Waals surface area contributed by atoms with E-state index in [1.54, 1.807) is 4.68 Å². The Morgan fingerprint density at radius 1 is 1.03 bits per heavy atom. The molecule has 0 amide bonds. The molecule has 4 aromatic rings. The monoisotopic (exact) mass is 525 g/mol. The van der Waals surface area contributed by atoms with E-state index in [1.807, 2.05) is 31.6 Å². The topological polar surface area (TPSA) is 58.4 Å². The fraction of sp³-hybridized carbons (Fsp3) is 0.250. The third-order valence-electron chi connectivity index (χ3n) is 7.78. The van der Waals surface area contributed by atoms with Crippen molar-refractivity contribution >= 4 is 17.7 Å². The number of halogens is 2. The maximum absolute atomic E-state index is 15.8. The summed E-state index contributed by atoms with van der Waals surface area (Å²) in [4.78, 5) is 13.1. The molecule has 0 saturated heterocycles. The second kappa shape index (κ2) is 9.80. The Kier molecular flexibility index (Phi) is 6.29. The van der Waals surface area contributed by atoms with E-state index < -0.39 is 23.6 Å². The molecule has 0 bridgehead atoms. The first-order valence-electron chi connectivity index (χ1n) is 13.2. The van der Waals surface area contributed by atoms with Crippen LogP contribution in [0.4, 0.5) is 14.5 Å². The van der Waals surface area contributed by atoms with Crippen molar-refractivity contribution in [3.8, 4) is 11.1 Å². The number of fused-ring (bicyclic) bond motifs is 1. The van der Waals surface area contributed by atoms with Crippen LogP contribution in [0.5, 0.6) is 0 Å². The summed E-state index contributed by atoms with van der Waals surface area (Å²) in [5, 5.41) is 13.2. The maximum atomic E-state index is 15.8. The van der Waals surface area contributed by atoms with Crippen LogP contribution >= 0.6 is 0 Å². The van der Waals surface area contributed by atoms with Gasteiger partial charge in [0.1, 0.15) is 11.6 Å². The van der Waals surface area contributed by atoms with Gasteiger partial charge in [0, 0.05) is 36.6 Å². The number of aromatic nitrogens is 2. The molecule has 0 radical (unpaired) electrons. The number of hydrogen-bond acceptors (Lipinski definition) is 3. The lowest BCUT2D eigenvalue weighted by Gasteiger charge is -2.44. The Labute approximate surface area is 226 Å². The van der Waals surface area contributed by atoms with E-state index >= 15 is 8.78 Å². The van der Waals surface area contributed by atoms with E-state index in [2.05, 4.69) is 47.3 Å². The molecule has 7 heteroatoms. The average molecular weight is 526 g/mol. The van der Waals surface area contributed by atoms with Crippen LogP contribution in [-0.4, -0.2) is 26.9 Å². The molecule has 1 fully saturated rings. The van der Waals surface area contributed by atoms with Gasteiger partial charge >= 0.3 is 5.97 Å². The molecular weight excluding hydrogens is 496 g/mol. The molecule has 1 aromatic heterocycles. The lowest BCUT2D eigenvalue weighted by molar-refractivity contribution is -0.131. The summed E-state index contributed by atoms with van der Waals surface area (Å²) in [6.45, 7) is 2.08. The van der Waals surface area contributed by atoms with Gasteiger partial charge in [0.05, 0.1) is 17.8 Å². The van der Waals surface area contributed by atoms with Gasteiger partial charge in [0.15, 0.2) is 0 Å². The van der Waals surface area contributed by atoms with E-state index in [9.17, 15) is 4.79 Å². The number of carbonyl (C=O) groups is 1. The van der Waals surface area contributed by atoms with Gasteiger partial charge in [-0.3, -0.25) is 4.68 Å². The Morgan fingerprint density at radius 3 is 2.36 bits per heavy atom. The van der Waals surface area contributed by atoms with Crippen molar-refractivity contribution in [2.45, 2.75) is 44.2 Å². The average Bonchev–Trinajstić information content (AvgIpc) is 3.66.